The minimum atomic E-state index is -0.183. The van der Waals surface area contributed by atoms with Crippen LogP contribution in [-0.2, 0) is 0 Å². The Morgan fingerprint density at radius 1 is 1.37 bits per heavy atom. The Balaban J connectivity index is 2.15. The second kappa shape index (κ2) is 4.32. The average molecular weight is 272 g/mol. The highest BCUT2D eigenvalue weighted by Crippen LogP contribution is 2.44. The zero-order valence-electron chi connectivity index (χ0n) is 10.8. The van der Waals surface area contributed by atoms with Crippen molar-refractivity contribution in [1.82, 2.24) is 0 Å². The Kier molecular flexibility index (Phi) is 2.76. The average Bonchev–Trinajstić information content (AvgIpc) is 2.78. The summed E-state index contributed by atoms with van der Waals surface area (Å²) in [4.78, 5) is 1.97. The van der Waals surface area contributed by atoms with Crippen LogP contribution >= 0.6 is 11.6 Å². The van der Waals surface area contributed by atoms with Crippen molar-refractivity contribution < 1.29 is 0 Å². The first-order valence-electron chi connectivity index (χ1n) is 6.29. The van der Waals surface area contributed by atoms with Gasteiger partial charge in [-0.3, -0.25) is 0 Å². The number of anilines is 2. The van der Waals surface area contributed by atoms with E-state index in [4.69, 9.17) is 11.6 Å². The van der Waals surface area contributed by atoms with E-state index in [9.17, 15) is 5.26 Å². The highest BCUT2D eigenvalue weighted by Gasteiger charge is 2.37. The highest BCUT2D eigenvalue weighted by molar-refractivity contribution is 6.32. The molecule has 19 heavy (non-hydrogen) atoms. The van der Waals surface area contributed by atoms with E-state index in [0.29, 0.717) is 5.16 Å². The van der Waals surface area contributed by atoms with Crippen LogP contribution in [0.3, 0.4) is 0 Å². The van der Waals surface area contributed by atoms with Crippen molar-refractivity contribution in [3.8, 4) is 6.07 Å². The van der Waals surface area contributed by atoms with Crippen molar-refractivity contribution in [2.24, 2.45) is 5.92 Å². The lowest BCUT2D eigenvalue weighted by molar-refractivity contribution is 0.741. The molecule has 0 amide bonds. The summed E-state index contributed by atoms with van der Waals surface area (Å²) in [6.45, 7) is 4.15. The van der Waals surface area contributed by atoms with Crippen molar-refractivity contribution in [3.63, 3.8) is 0 Å². The maximum Gasteiger partial charge on any atom is 0.141 e. The fraction of sp³-hybridized carbons (Fsp3) is 0.267. The minimum Gasteiger partial charge on any atom is -0.359 e. The van der Waals surface area contributed by atoms with Gasteiger partial charge in [0.1, 0.15) is 11.3 Å². The van der Waals surface area contributed by atoms with Crippen molar-refractivity contribution in [3.05, 3.63) is 46.6 Å². The monoisotopic (exact) mass is 271 g/mol. The van der Waals surface area contributed by atoms with Crippen LogP contribution in [-0.4, -0.2) is 6.17 Å². The number of benzene rings is 1. The van der Waals surface area contributed by atoms with E-state index in [-0.39, 0.29) is 12.1 Å². The van der Waals surface area contributed by atoms with E-state index in [2.05, 4.69) is 25.2 Å². The summed E-state index contributed by atoms with van der Waals surface area (Å²) in [5.74, 6) is 0.274. The normalized spacial score (nSPS) is 20.7. The summed E-state index contributed by atoms with van der Waals surface area (Å²) in [5.41, 5.74) is 3.78. The van der Waals surface area contributed by atoms with Gasteiger partial charge < -0.3 is 10.2 Å². The largest absolute Gasteiger partial charge is 0.359 e. The quantitative estimate of drug-likeness (QED) is 0.790. The standard InChI is InChI=1S/C15H14ClN3/c1-9(2)10-7-14(16)19-13-6-4-3-5-12(13)18-15(19)11(10)8-17/h3-7,9,15,18H,1-2H3/t15-/m0/s1. The fourth-order valence-electron chi connectivity index (χ4n) is 2.63. The first-order valence-corrected chi connectivity index (χ1v) is 6.67. The minimum absolute atomic E-state index is 0.183. The molecule has 2 heterocycles. The van der Waals surface area contributed by atoms with Crippen LogP contribution < -0.4 is 10.2 Å². The highest BCUT2D eigenvalue weighted by atomic mass is 35.5. The molecule has 0 radical (unpaired) electrons. The molecule has 0 saturated heterocycles. The third-order valence-corrected chi connectivity index (χ3v) is 3.84. The van der Waals surface area contributed by atoms with Gasteiger partial charge in [-0.15, -0.1) is 0 Å². The molecule has 96 valence electrons. The van der Waals surface area contributed by atoms with Gasteiger partial charge in [-0.25, -0.2) is 0 Å². The second-order valence-corrected chi connectivity index (χ2v) is 5.42. The molecule has 1 aromatic carbocycles. The molecule has 0 fully saturated rings. The number of fused-ring (bicyclic) bond motifs is 3. The lowest BCUT2D eigenvalue weighted by Crippen LogP contribution is -2.38. The van der Waals surface area contributed by atoms with Gasteiger partial charge in [0.25, 0.3) is 0 Å². The smallest absolute Gasteiger partial charge is 0.141 e. The van der Waals surface area contributed by atoms with Crippen LogP contribution in [0, 0.1) is 17.2 Å². The van der Waals surface area contributed by atoms with Crippen LogP contribution in [0.1, 0.15) is 13.8 Å². The summed E-state index contributed by atoms with van der Waals surface area (Å²) < 4.78 is 0. The lowest BCUT2D eigenvalue weighted by atomic mass is 9.93. The Labute approximate surface area is 117 Å². The van der Waals surface area contributed by atoms with Gasteiger partial charge in [-0.1, -0.05) is 37.6 Å². The number of hydrogen-bond donors (Lipinski definition) is 1. The van der Waals surface area contributed by atoms with Crippen molar-refractivity contribution in [2.45, 2.75) is 20.0 Å². The van der Waals surface area contributed by atoms with Crippen molar-refractivity contribution in [2.75, 3.05) is 10.2 Å². The molecule has 0 unspecified atom stereocenters. The van der Waals surface area contributed by atoms with Crippen molar-refractivity contribution >= 4 is 23.0 Å². The Morgan fingerprint density at radius 2 is 2.11 bits per heavy atom. The summed E-state index contributed by atoms with van der Waals surface area (Å²) in [6.07, 6.45) is 1.72. The molecule has 3 nitrogen and oxygen atoms in total. The molecule has 0 bridgehead atoms. The summed E-state index contributed by atoms with van der Waals surface area (Å²) in [7, 11) is 0. The molecule has 2 aliphatic heterocycles. The van der Waals surface area contributed by atoms with Gasteiger partial charge in [-0.2, -0.15) is 5.26 Å². The molecule has 2 aliphatic rings. The molecule has 1 atom stereocenters. The van der Waals surface area contributed by atoms with Crippen LogP contribution in [0.25, 0.3) is 0 Å². The zero-order valence-corrected chi connectivity index (χ0v) is 11.6. The van der Waals surface area contributed by atoms with Gasteiger partial charge >= 0.3 is 0 Å². The van der Waals surface area contributed by atoms with E-state index in [1.165, 1.54) is 0 Å². The summed E-state index contributed by atoms with van der Waals surface area (Å²) >= 11 is 6.41. The summed E-state index contributed by atoms with van der Waals surface area (Å²) in [5, 5.41) is 13.5. The Morgan fingerprint density at radius 3 is 2.79 bits per heavy atom. The molecule has 1 N–H and O–H groups in total. The van der Waals surface area contributed by atoms with E-state index in [1.807, 2.05) is 35.2 Å². The Hall–Kier alpha value is -1.92. The number of para-hydroxylation sites is 2. The van der Waals surface area contributed by atoms with Gasteiger partial charge in [0.2, 0.25) is 0 Å². The maximum absolute atomic E-state index is 9.48. The SMILES string of the molecule is CC(C)C1=C(C#N)[C@H]2Nc3ccccc3N2C(Cl)=C1. The van der Waals surface area contributed by atoms with E-state index in [0.717, 1.165) is 22.5 Å². The first kappa shape index (κ1) is 12.1. The molecule has 1 aromatic rings. The zero-order chi connectivity index (χ0) is 13.6. The number of nitriles is 1. The predicted molar refractivity (Wildman–Crippen MR) is 77.7 cm³/mol. The summed E-state index contributed by atoms with van der Waals surface area (Å²) in [6, 6.07) is 10.3. The number of nitrogens with zero attached hydrogens (tertiary/aromatic N) is 2. The molecule has 0 aliphatic carbocycles. The van der Waals surface area contributed by atoms with E-state index < -0.39 is 0 Å². The maximum atomic E-state index is 9.48. The molecule has 0 saturated carbocycles. The van der Waals surface area contributed by atoms with Crippen LogP contribution in [0.4, 0.5) is 11.4 Å². The number of hydrogen-bond acceptors (Lipinski definition) is 3. The molecule has 4 heteroatoms. The fourth-order valence-corrected chi connectivity index (χ4v) is 2.94. The third-order valence-electron chi connectivity index (χ3n) is 3.55. The molecular formula is C15H14ClN3. The topological polar surface area (TPSA) is 39.1 Å². The molecular weight excluding hydrogens is 258 g/mol. The van der Waals surface area contributed by atoms with Crippen molar-refractivity contribution in [1.29, 1.82) is 5.26 Å². The first-order chi connectivity index (χ1) is 9.13. The van der Waals surface area contributed by atoms with E-state index in [1.54, 1.807) is 0 Å². The van der Waals surface area contributed by atoms with Crippen LogP contribution in [0.5, 0.6) is 0 Å². The van der Waals surface area contributed by atoms with Crippen LogP contribution in [0.15, 0.2) is 46.6 Å². The molecule has 3 rings (SSSR count). The third kappa shape index (κ3) is 1.72. The second-order valence-electron chi connectivity index (χ2n) is 5.04. The van der Waals surface area contributed by atoms with Gasteiger partial charge in [-0.05, 0) is 29.7 Å². The number of nitrogens with one attached hydrogen (secondary N) is 1. The van der Waals surface area contributed by atoms with Crippen LogP contribution in [0.2, 0.25) is 0 Å². The van der Waals surface area contributed by atoms with E-state index >= 15 is 0 Å². The molecule has 0 aromatic heterocycles. The number of rotatable bonds is 1. The number of halogens is 1. The van der Waals surface area contributed by atoms with Gasteiger partial charge in [0.15, 0.2) is 0 Å². The Bertz CT molecular complexity index is 637. The number of allylic oxidation sites excluding steroid dienone is 2. The van der Waals surface area contributed by atoms with Gasteiger partial charge in [0.05, 0.1) is 23.0 Å². The molecule has 0 spiro atoms. The predicted octanol–water partition coefficient (Wildman–Crippen LogP) is 3.81. The van der Waals surface area contributed by atoms with Gasteiger partial charge in [0, 0.05) is 0 Å². The lowest BCUT2D eigenvalue weighted by Gasteiger charge is -2.31.